The van der Waals surface area contributed by atoms with E-state index in [1.54, 1.807) is 12.2 Å². The van der Waals surface area contributed by atoms with Crippen LogP contribution in [0, 0.1) is 19.1 Å². The van der Waals surface area contributed by atoms with Crippen molar-refractivity contribution in [1.82, 2.24) is 4.90 Å². The summed E-state index contributed by atoms with van der Waals surface area (Å²) in [5.74, 6) is -3.00. The van der Waals surface area contributed by atoms with Crippen molar-refractivity contribution in [3.63, 3.8) is 0 Å². The van der Waals surface area contributed by atoms with Crippen molar-refractivity contribution in [1.29, 1.82) is 0 Å². The summed E-state index contributed by atoms with van der Waals surface area (Å²) in [4.78, 5) is 30.2. The molecule has 0 fully saturated rings. The molecule has 132 valence electrons. The normalized spacial score (nSPS) is 14.7. The van der Waals surface area contributed by atoms with Crippen LogP contribution in [-0.4, -0.2) is 33.6 Å². The number of carboxylic acids is 2. The Morgan fingerprint density at radius 3 is 2.12 bits per heavy atom. The van der Waals surface area contributed by atoms with Crippen molar-refractivity contribution in [2.45, 2.75) is 39.5 Å². The van der Waals surface area contributed by atoms with Crippen molar-refractivity contribution in [2.24, 2.45) is 5.92 Å². The summed E-state index contributed by atoms with van der Waals surface area (Å²) in [5, 5.41) is 17.8. The average molecular weight is 343 g/mol. The molecule has 0 saturated carbocycles. The van der Waals surface area contributed by atoms with Crippen molar-refractivity contribution in [3.05, 3.63) is 57.8 Å². The SMILES string of the molecule is [C-]#[N+]C([N+]#[C-])=C1C=C(C)N(CCCCC(CC(=O)O)C(=O)O)C(C)=C1. The minimum Gasteiger partial charge on any atom is -0.481 e. The Kier molecular flexibility index (Phi) is 7.43. The molecule has 0 aromatic rings. The quantitative estimate of drug-likeness (QED) is 0.520. The Hall–Kier alpha value is -3.06. The second kappa shape index (κ2) is 9.29. The van der Waals surface area contributed by atoms with E-state index in [1.165, 1.54) is 0 Å². The van der Waals surface area contributed by atoms with Crippen LogP contribution in [0.1, 0.15) is 39.5 Å². The zero-order valence-corrected chi connectivity index (χ0v) is 14.3. The molecule has 1 unspecified atom stereocenters. The lowest BCUT2D eigenvalue weighted by atomic mass is 9.98. The molecule has 2 N–H and O–H groups in total. The summed E-state index contributed by atoms with van der Waals surface area (Å²) in [6.45, 7) is 18.5. The molecule has 0 saturated heterocycles. The van der Waals surface area contributed by atoms with Gasteiger partial charge in [-0.3, -0.25) is 9.59 Å². The van der Waals surface area contributed by atoms with E-state index in [0.717, 1.165) is 17.8 Å². The molecule has 0 aromatic heterocycles. The molecule has 0 radical (unpaired) electrons. The number of hydrogen-bond donors (Lipinski definition) is 2. The van der Waals surface area contributed by atoms with E-state index in [9.17, 15) is 9.59 Å². The van der Waals surface area contributed by atoms with Gasteiger partial charge < -0.3 is 15.1 Å². The van der Waals surface area contributed by atoms with E-state index >= 15 is 0 Å². The van der Waals surface area contributed by atoms with Crippen molar-refractivity contribution >= 4 is 11.9 Å². The van der Waals surface area contributed by atoms with E-state index in [2.05, 4.69) is 9.69 Å². The molecule has 1 rings (SSSR count). The first-order chi connectivity index (χ1) is 11.8. The molecule has 0 aliphatic carbocycles. The number of allylic oxidation sites excluding steroid dienone is 5. The van der Waals surface area contributed by atoms with Crippen molar-refractivity contribution < 1.29 is 19.8 Å². The molecule has 0 spiro atoms. The Balaban J connectivity index is 2.64. The Morgan fingerprint density at radius 1 is 1.12 bits per heavy atom. The standard InChI is InChI=1S/C18H21N3O4/c1-12-9-15(17(19-3)20-4)10-13(2)21(12)8-6-5-7-14(18(24)25)11-16(22)23/h9-10,14H,5-8,11H2,1-2H3,(H,22,23)(H,24,25). The molecule has 25 heavy (non-hydrogen) atoms. The van der Waals surface area contributed by atoms with Gasteiger partial charge in [-0.05, 0) is 38.8 Å². The number of carboxylic acid groups (broad SMARTS) is 2. The van der Waals surface area contributed by atoms with Gasteiger partial charge in [0.15, 0.2) is 0 Å². The maximum atomic E-state index is 11.0. The van der Waals surface area contributed by atoms with Gasteiger partial charge in [0.05, 0.1) is 17.9 Å². The number of rotatable bonds is 8. The van der Waals surface area contributed by atoms with Crippen LogP contribution >= 0.6 is 0 Å². The largest absolute Gasteiger partial charge is 0.526 e. The fraction of sp³-hybridized carbons (Fsp3) is 0.444. The molecule has 1 atom stereocenters. The van der Waals surface area contributed by atoms with Gasteiger partial charge in [-0.2, -0.15) is 9.69 Å². The Labute approximate surface area is 147 Å². The smallest absolute Gasteiger partial charge is 0.481 e. The van der Waals surface area contributed by atoms with Gasteiger partial charge in [0.1, 0.15) is 13.1 Å². The highest BCUT2D eigenvalue weighted by atomic mass is 16.4. The first-order valence-electron chi connectivity index (χ1n) is 7.88. The number of nitrogens with zero attached hydrogens (tertiary/aromatic N) is 3. The Morgan fingerprint density at radius 2 is 1.68 bits per heavy atom. The predicted octanol–water partition coefficient (Wildman–Crippen LogP) is 3.51. The van der Waals surface area contributed by atoms with Gasteiger partial charge in [-0.25, -0.2) is 0 Å². The number of aliphatic carboxylic acids is 2. The van der Waals surface area contributed by atoms with Gasteiger partial charge in [-0.1, -0.05) is 6.42 Å². The summed E-state index contributed by atoms with van der Waals surface area (Å²) < 4.78 is 0. The van der Waals surface area contributed by atoms with Gasteiger partial charge in [0, 0.05) is 17.9 Å². The van der Waals surface area contributed by atoms with Crippen LogP contribution in [0.3, 0.4) is 0 Å². The second-order valence-corrected chi connectivity index (χ2v) is 5.85. The lowest BCUT2D eigenvalue weighted by Gasteiger charge is -2.29. The summed E-state index contributed by atoms with van der Waals surface area (Å²) in [7, 11) is 0. The lowest BCUT2D eigenvalue weighted by molar-refractivity contribution is -0.148. The van der Waals surface area contributed by atoms with Crippen LogP contribution < -0.4 is 0 Å². The summed E-state index contributed by atoms with van der Waals surface area (Å²) in [5.41, 5.74) is 2.43. The monoisotopic (exact) mass is 343 g/mol. The average Bonchev–Trinajstić information content (AvgIpc) is 2.52. The topological polar surface area (TPSA) is 86.6 Å². The minimum absolute atomic E-state index is 0.0383. The van der Waals surface area contributed by atoms with Crippen molar-refractivity contribution in [2.75, 3.05) is 6.54 Å². The maximum absolute atomic E-state index is 11.0. The van der Waals surface area contributed by atoms with Gasteiger partial charge >= 0.3 is 17.8 Å². The molecule has 0 aromatic carbocycles. The van der Waals surface area contributed by atoms with Crippen molar-refractivity contribution in [3.8, 4) is 0 Å². The highest BCUT2D eigenvalue weighted by Crippen LogP contribution is 2.26. The van der Waals surface area contributed by atoms with E-state index in [-0.39, 0.29) is 12.2 Å². The predicted molar refractivity (Wildman–Crippen MR) is 91.7 cm³/mol. The molecular formula is C18H21N3O4. The third-order valence-corrected chi connectivity index (χ3v) is 4.00. The van der Waals surface area contributed by atoms with Gasteiger partial charge in [0.2, 0.25) is 0 Å². The van der Waals surface area contributed by atoms with Gasteiger partial charge in [0.25, 0.3) is 0 Å². The minimum atomic E-state index is -1.10. The first kappa shape index (κ1) is 20.0. The lowest BCUT2D eigenvalue weighted by Crippen LogP contribution is -2.24. The van der Waals surface area contributed by atoms with E-state index in [0.29, 0.717) is 25.0 Å². The fourth-order valence-corrected chi connectivity index (χ4v) is 2.75. The van der Waals surface area contributed by atoms with E-state index in [1.807, 2.05) is 18.7 Å². The zero-order chi connectivity index (χ0) is 19.0. The highest BCUT2D eigenvalue weighted by Gasteiger charge is 2.22. The second-order valence-electron chi connectivity index (χ2n) is 5.85. The molecule has 1 aliphatic rings. The van der Waals surface area contributed by atoms with Crippen LogP contribution in [0.5, 0.6) is 0 Å². The van der Waals surface area contributed by atoms with E-state index < -0.39 is 17.9 Å². The summed E-state index contributed by atoms with van der Waals surface area (Å²) in [6.07, 6.45) is 4.88. The maximum Gasteiger partial charge on any atom is 0.526 e. The van der Waals surface area contributed by atoms with Crippen LogP contribution in [0.15, 0.2) is 34.9 Å². The summed E-state index contributed by atoms with van der Waals surface area (Å²) in [6, 6.07) is 0. The van der Waals surface area contributed by atoms with Crippen LogP contribution in [-0.2, 0) is 9.59 Å². The summed E-state index contributed by atoms with van der Waals surface area (Å²) >= 11 is 0. The zero-order valence-electron chi connectivity index (χ0n) is 14.3. The molecule has 7 nitrogen and oxygen atoms in total. The van der Waals surface area contributed by atoms with Crippen LogP contribution in [0.4, 0.5) is 0 Å². The molecule has 1 aliphatic heterocycles. The first-order valence-corrected chi connectivity index (χ1v) is 7.88. The fourth-order valence-electron chi connectivity index (χ4n) is 2.75. The number of hydrogen-bond acceptors (Lipinski definition) is 3. The molecule has 0 bridgehead atoms. The third kappa shape index (κ3) is 5.82. The van der Waals surface area contributed by atoms with Crippen LogP contribution in [0.2, 0.25) is 0 Å². The highest BCUT2D eigenvalue weighted by molar-refractivity contribution is 5.77. The molecule has 1 heterocycles. The van der Waals surface area contributed by atoms with E-state index in [4.69, 9.17) is 23.4 Å². The van der Waals surface area contributed by atoms with Crippen LogP contribution in [0.25, 0.3) is 9.69 Å². The number of unbranched alkanes of at least 4 members (excludes halogenated alkanes) is 1. The molecule has 0 amide bonds. The Bertz CT molecular complexity index is 682. The van der Waals surface area contributed by atoms with Gasteiger partial charge in [-0.15, -0.1) is 0 Å². The third-order valence-electron chi connectivity index (χ3n) is 4.00. The number of carbonyl (C=O) groups is 2. The molecule has 7 heteroatoms. The molecular weight excluding hydrogens is 322 g/mol.